The normalized spacial score (nSPS) is 10.1. The maximum atomic E-state index is 8.79. The van der Waals surface area contributed by atoms with Crippen molar-refractivity contribution >= 4 is 22.4 Å². The highest BCUT2D eigenvalue weighted by Gasteiger charge is 2.06. The lowest BCUT2D eigenvalue weighted by molar-refractivity contribution is 1.21. The van der Waals surface area contributed by atoms with Crippen molar-refractivity contribution in [3.63, 3.8) is 0 Å². The minimum atomic E-state index is 0.392. The molecule has 0 radical (unpaired) electrons. The summed E-state index contributed by atoms with van der Waals surface area (Å²) in [6, 6.07) is 8.05. The number of halogens is 1. The van der Waals surface area contributed by atoms with Crippen molar-refractivity contribution in [3.8, 4) is 6.07 Å². The largest absolute Gasteiger partial charge is 0.264 e. The predicted molar refractivity (Wildman–Crippen MR) is 60.6 cm³/mol. The molecule has 0 spiro atoms. The number of hydrogen-bond donors (Lipinski definition) is 0. The molecule has 0 N–H and O–H groups in total. The van der Waals surface area contributed by atoms with Gasteiger partial charge in [0.2, 0.25) is 0 Å². The highest BCUT2D eigenvalue weighted by atomic mass is 35.5. The zero-order chi connectivity index (χ0) is 10.7. The molecule has 0 bridgehead atoms. The molecule has 15 heavy (non-hydrogen) atoms. The summed E-state index contributed by atoms with van der Waals surface area (Å²) in [5.74, 6) is 0.440. The van der Waals surface area contributed by atoms with Gasteiger partial charge in [0.25, 0.3) is 0 Å². The standard InChI is InChI=1S/C12H9ClN2/c13-7-9-1-2-10-8-15-6-4-12(10)11(9)3-5-14/h1-2,4,6,8H,3,7H2. The molecule has 0 aliphatic carbocycles. The smallest absolute Gasteiger partial charge is 0.0670 e. The first-order valence-electron chi connectivity index (χ1n) is 4.64. The van der Waals surface area contributed by atoms with Crippen molar-refractivity contribution in [1.82, 2.24) is 4.98 Å². The Morgan fingerprint density at radius 1 is 1.33 bits per heavy atom. The van der Waals surface area contributed by atoms with Gasteiger partial charge in [-0.3, -0.25) is 4.98 Å². The van der Waals surface area contributed by atoms with Crippen molar-refractivity contribution in [1.29, 1.82) is 5.26 Å². The van der Waals surface area contributed by atoms with Crippen LogP contribution in [-0.2, 0) is 12.3 Å². The van der Waals surface area contributed by atoms with Gasteiger partial charge in [0, 0.05) is 23.7 Å². The van der Waals surface area contributed by atoms with E-state index < -0.39 is 0 Å². The fourth-order valence-electron chi connectivity index (χ4n) is 1.69. The Morgan fingerprint density at radius 2 is 2.20 bits per heavy atom. The van der Waals surface area contributed by atoms with E-state index in [1.165, 1.54) is 0 Å². The SMILES string of the molecule is N#CCc1c(CCl)ccc2cnccc12. The predicted octanol–water partition coefficient (Wildman–Crippen LogP) is 3.04. The van der Waals surface area contributed by atoms with Crippen LogP contribution in [0.3, 0.4) is 0 Å². The molecule has 1 heterocycles. The van der Waals surface area contributed by atoms with Crippen molar-refractivity contribution in [2.24, 2.45) is 0 Å². The number of fused-ring (bicyclic) bond motifs is 1. The van der Waals surface area contributed by atoms with E-state index in [1.54, 1.807) is 12.4 Å². The summed E-state index contributed by atoms with van der Waals surface area (Å²) < 4.78 is 0. The van der Waals surface area contributed by atoms with Crippen LogP contribution in [-0.4, -0.2) is 4.98 Å². The van der Waals surface area contributed by atoms with Crippen molar-refractivity contribution in [2.45, 2.75) is 12.3 Å². The van der Waals surface area contributed by atoms with E-state index >= 15 is 0 Å². The molecule has 74 valence electrons. The Balaban J connectivity index is 2.74. The van der Waals surface area contributed by atoms with E-state index in [0.29, 0.717) is 12.3 Å². The van der Waals surface area contributed by atoms with Crippen LogP contribution in [0.5, 0.6) is 0 Å². The quantitative estimate of drug-likeness (QED) is 0.724. The number of alkyl halides is 1. The van der Waals surface area contributed by atoms with Gasteiger partial charge in [0.1, 0.15) is 0 Å². The van der Waals surface area contributed by atoms with E-state index in [2.05, 4.69) is 11.1 Å². The lowest BCUT2D eigenvalue weighted by Gasteiger charge is -2.07. The van der Waals surface area contributed by atoms with Gasteiger partial charge in [0.05, 0.1) is 12.5 Å². The Morgan fingerprint density at radius 3 is 2.93 bits per heavy atom. The van der Waals surface area contributed by atoms with Crippen LogP contribution in [0.4, 0.5) is 0 Å². The molecule has 0 atom stereocenters. The Labute approximate surface area is 93.1 Å². The van der Waals surface area contributed by atoms with Gasteiger partial charge >= 0.3 is 0 Å². The second kappa shape index (κ2) is 4.29. The molecule has 0 aliphatic rings. The van der Waals surface area contributed by atoms with E-state index in [-0.39, 0.29) is 0 Å². The third-order valence-electron chi connectivity index (χ3n) is 2.43. The zero-order valence-corrected chi connectivity index (χ0v) is 8.83. The summed E-state index contributed by atoms with van der Waals surface area (Å²) in [6.07, 6.45) is 3.93. The fraction of sp³-hybridized carbons (Fsp3) is 0.167. The summed E-state index contributed by atoms with van der Waals surface area (Å²) in [6.45, 7) is 0. The van der Waals surface area contributed by atoms with Crippen molar-refractivity contribution in [2.75, 3.05) is 0 Å². The maximum Gasteiger partial charge on any atom is 0.0670 e. The van der Waals surface area contributed by atoms with Gasteiger partial charge in [-0.15, -0.1) is 11.6 Å². The minimum Gasteiger partial charge on any atom is -0.264 e. The molecule has 0 fully saturated rings. The summed E-state index contributed by atoms with van der Waals surface area (Å²) in [5.41, 5.74) is 2.05. The highest BCUT2D eigenvalue weighted by Crippen LogP contribution is 2.23. The molecule has 0 saturated heterocycles. The van der Waals surface area contributed by atoms with Crippen LogP contribution in [0.2, 0.25) is 0 Å². The molecular weight excluding hydrogens is 208 g/mol. The number of pyridine rings is 1. The summed E-state index contributed by atoms with van der Waals surface area (Å²) in [7, 11) is 0. The first-order chi connectivity index (χ1) is 7.36. The number of nitrogens with zero attached hydrogens (tertiary/aromatic N) is 2. The molecule has 2 aromatic rings. The van der Waals surface area contributed by atoms with E-state index in [0.717, 1.165) is 21.9 Å². The molecular formula is C12H9ClN2. The fourth-order valence-corrected chi connectivity index (χ4v) is 1.94. The summed E-state index contributed by atoms with van der Waals surface area (Å²) in [5, 5.41) is 10.9. The topological polar surface area (TPSA) is 36.7 Å². The van der Waals surface area contributed by atoms with Gasteiger partial charge in [0.15, 0.2) is 0 Å². The van der Waals surface area contributed by atoms with Gasteiger partial charge in [-0.2, -0.15) is 5.26 Å². The Kier molecular flexibility index (Phi) is 2.84. The first-order valence-corrected chi connectivity index (χ1v) is 5.17. The third-order valence-corrected chi connectivity index (χ3v) is 2.72. The molecule has 3 heteroatoms. The highest BCUT2D eigenvalue weighted by molar-refractivity contribution is 6.17. The second-order valence-corrected chi connectivity index (χ2v) is 3.54. The second-order valence-electron chi connectivity index (χ2n) is 3.27. The van der Waals surface area contributed by atoms with Crippen LogP contribution in [0.25, 0.3) is 10.8 Å². The zero-order valence-electron chi connectivity index (χ0n) is 8.07. The number of rotatable bonds is 2. The number of aromatic nitrogens is 1. The average Bonchev–Trinajstić information content (AvgIpc) is 2.30. The third kappa shape index (κ3) is 1.79. The number of nitriles is 1. The number of hydrogen-bond acceptors (Lipinski definition) is 2. The molecule has 1 aromatic carbocycles. The van der Waals surface area contributed by atoms with Crippen LogP contribution >= 0.6 is 11.6 Å². The van der Waals surface area contributed by atoms with Crippen LogP contribution in [0, 0.1) is 11.3 Å². The minimum absolute atomic E-state index is 0.392. The number of benzene rings is 1. The molecule has 0 unspecified atom stereocenters. The monoisotopic (exact) mass is 216 g/mol. The average molecular weight is 217 g/mol. The lowest BCUT2D eigenvalue weighted by atomic mass is 9.99. The first kappa shape index (κ1) is 9.95. The van der Waals surface area contributed by atoms with Gasteiger partial charge < -0.3 is 0 Å². The molecule has 1 aromatic heterocycles. The molecule has 0 saturated carbocycles. The van der Waals surface area contributed by atoms with E-state index in [1.807, 2.05) is 18.2 Å². The van der Waals surface area contributed by atoms with Crippen molar-refractivity contribution < 1.29 is 0 Å². The Hall–Kier alpha value is -1.59. The van der Waals surface area contributed by atoms with Gasteiger partial charge in [-0.1, -0.05) is 12.1 Å². The summed E-state index contributed by atoms with van der Waals surface area (Å²) >= 11 is 5.84. The summed E-state index contributed by atoms with van der Waals surface area (Å²) in [4.78, 5) is 4.05. The lowest BCUT2D eigenvalue weighted by Crippen LogP contribution is -1.92. The van der Waals surface area contributed by atoms with Gasteiger partial charge in [-0.05, 0) is 22.6 Å². The molecule has 0 amide bonds. The van der Waals surface area contributed by atoms with Crippen LogP contribution in [0.15, 0.2) is 30.6 Å². The van der Waals surface area contributed by atoms with E-state index in [9.17, 15) is 0 Å². The Bertz CT molecular complexity index is 529. The molecule has 2 rings (SSSR count). The van der Waals surface area contributed by atoms with Crippen molar-refractivity contribution in [3.05, 3.63) is 41.7 Å². The van der Waals surface area contributed by atoms with Crippen LogP contribution < -0.4 is 0 Å². The van der Waals surface area contributed by atoms with Gasteiger partial charge in [-0.25, -0.2) is 0 Å². The van der Waals surface area contributed by atoms with Crippen LogP contribution in [0.1, 0.15) is 11.1 Å². The maximum absolute atomic E-state index is 8.79. The molecule has 2 nitrogen and oxygen atoms in total. The molecule has 0 aliphatic heterocycles. The van der Waals surface area contributed by atoms with E-state index in [4.69, 9.17) is 16.9 Å².